The Kier molecular flexibility index (Phi) is 45.9. The molecule has 805 valence electrons. The number of aromatic nitrogens is 6. The molecular formula is C102H91F30Ir3N6O6-3. The van der Waals surface area contributed by atoms with Crippen LogP contribution in [0.1, 0.15) is 91.9 Å². The molecule has 0 bridgehead atoms. The van der Waals surface area contributed by atoms with Gasteiger partial charge in [-0.15, -0.1) is 108 Å². The van der Waals surface area contributed by atoms with E-state index in [4.69, 9.17) is 50.3 Å². The summed E-state index contributed by atoms with van der Waals surface area (Å²) in [6.45, 7) is 7.56. The molecule has 3 aromatic heterocycles. The minimum absolute atomic E-state index is 0. The van der Waals surface area contributed by atoms with Gasteiger partial charge in [0.15, 0.2) is 0 Å². The Morgan fingerprint density at radius 2 is 0.497 bits per heavy atom. The summed E-state index contributed by atoms with van der Waals surface area (Å²) in [4.78, 5) is 28.8. The van der Waals surface area contributed by atoms with Gasteiger partial charge in [0.1, 0.15) is 12.2 Å². The first-order chi connectivity index (χ1) is 67.0. The van der Waals surface area contributed by atoms with E-state index < -0.39 is 102 Å². The first-order valence-electron chi connectivity index (χ1n) is 43.6. The number of rotatable bonds is 31. The van der Waals surface area contributed by atoms with Crippen LogP contribution in [0.5, 0.6) is 0 Å². The van der Waals surface area contributed by atoms with E-state index in [9.17, 15) is 142 Å². The van der Waals surface area contributed by atoms with E-state index >= 15 is 0 Å². The molecule has 9 aromatic carbocycles. The summed E-state index contributed by atoms with van der Waals surface area (Å²) in [5.41, 5.74) is 17.0. The van der Waals surface area contributed by atoms with Crippen molar-refractivity contribution in [2.24, 2.45) is 11.8 Å². The van der Waals surface area contributed by atoms with Crippen molar-refractivity contribution in [1.82, 2.24) is 29.9 Å². The van der Waals surface area contributed by atoms with Gasteiger partial charge >= 0.3 is 83.4 Å². The third kappa shape index (κ3) is 30.0. The van der Waals surface area contributed by atoms with E-state index in [1.54, 1.807) is 13.8 Å². The molecule has 3 radical (unpaired) electrons. The van der Waals surface area contributed by atoms with Crippen molar-refractivity contribution >= 4 is 0 Å². The maximum Gasteiger partial charge on any atom is 0.460 e. The molecule has 1 saturated carbocycles. The Balaban J connectivity index is 0.000000330. The number of hydrogen-bond acceptors (Lipinski definition) is 12. The van der Waals surface area contributed by atoms with Crippen molar-refractivity contribution in [3.63, 3.8) is 0 Å². The molecule has 12 aromatic rings. The van der Waals surface area contributed by atoms with Gasteiger partial charge in [0.25, 0.3) is 0 Å². The Bertz CT molecular complexity index is 5450. The normalized spacial score (nSPS) is 14.5. The monoisotopic (exact) mass is 2640 g/mol. The maximum atomic E-state index is 13.8. The minimum Gasteiger partial charge on any atom is -0.393 e. The van der Waals surface area contributed by atoms with Crippen molar-refractivity contribution in [1.29, 1.82) is 0 Å². The molecular weight excluding hydrogens is 2550 g/mol. The Hall–Kier alpha value is -10.2. The second-order valence-electron chi connectivity index (χ2n) is 33.5. The molecule has 12 nitrogen and oxygen atoms in total. The first-order valence-corrected chi connectivity index (χ1v) is 43.6. The van der Waals surface area contributed by atoms with Gasteiger partial charge < -0.3 is 45.6 Å². The molecule has 6 unspecified atom stereocenters. The van der Waals surface area contributed by atoms with Crippen molar-refractivity contribution in [2.75, 3.05) is 0 Å². The van der Waals surface area contributed by atoms with Gasteiger partial charge in [-0.2, -0.15) is 132 Å². The van der Waals surface area contributed by atoms with Crippen LogP contribution < -0.4 is 0 Å². The fourth-order valence-electron chi connectivity index (χ4n) is 14.2. The summed E-state index contributed by atoms with van der Waals surface area (Å²) in [6, 6.07) is 94.2. The van der Waals surface area contributed by atoms with Gasteiger partial charge in [-0.25, -0.2) is 0 Å². The van der Waals surface area contributed by atoms with E-state index in [0.29, 0.717) is 24.7 Å². The van der Waals surface area contributed by atoms with Crippen LogP contribution in [0.3, 0.4) is 0 Å². The summed E-state index contributed by atoms with van der Waals surface area (Å²) in [5, 5.41) is 54.4. The Labute approximate surface area is 864 Å². The molecule has 13 rings (SSSR count). The predicted octanol–water partition coefficient (Wildman–Crippen LogP) is 27.9. The van der Waals surface area contributed by atoms with Crippen molar-refractivity contribution < 1.29 is 223 Å². The van der Waals surface area contributed by atoms with Crippen LogP contribution in [0.2, 0.25) is 0 Å². The van der Waals surface area contributed by atoms with Gasteiger partial charge in [0.05, 0.1) is 58.6 Å². The van der Waals surface area contributed by atoms with E-state index in [2.05, 4.69) is 68.4 Å². The third-order valence-corrected chi connectivity index (χ3v) is 21.8. The number of aliphatic hydroxyl groups excluding tert-OH is 6. The van der Waals surface area contributed by atoms with Crippen LogP contribution in [-0.2, 0) is 60.3 Å². The molecule has 0 aliphatic heterocycles. The van der Waals surface area contributed by atoms with Gasteiger partial charge in [-0.1, -0.05) is 228 Å². The fourth-order valence-corrected chi connectivity index (χ4v) is 14.2. The van der Waals surface area contributed by atoms with Crippen molar-refractivity contribution in [3.05, 3.63) is 292 Å². The third-order valence-electron chi connectivity index (χ3n) is 21.8. The number of hydrogen-bond donors (Lipinski definition) is 6. The van der Waals surface area contributed by atoms with Crippen LogP contribution in [0.15, 0.2) is 273 Å². The topological polar surface area (TPSA) is 199 Å². The largest absolute Gasteiger partial charge is 0.460 e. The summed E-state index contributed by atoms with van der Waals surface area (Å²) >= 11 is 0. The fraction of sp³-hybridized carbons (Fsp3) is 0.353. The molecule has 6 atom stereocenters. The molecule has 1 aliphatic rings. The summed E-state index contributed by atoms with van der Waals surface area (Å²) < 4.78 is 394. The van der Waals surface area contributed by atoms with Crippen LogP contribution >= 0.6 is 0 Å². The molecule has 1 aliphatic carbocycles. The summed E-state index contributed by atoms with van der Waals surface area (Å²) in [5.74, 6) is -104. The number of nitrogens with zero attached hydrogens (tertiary/aromatic N) is 6. The molecule has 45 heteroatoms. The Morgan fingerprint density at radius 3 is 0.728 bits per heavy atom. The smallest absolute Gasteiger partial charge is 0.393 e. The number of benzene rings is 9. The maximum absolute atomic E-state index is 13.8. The number of halogens is 30. The van der Waals surface area contributed by atoms with E-state index in [-0.39, 0.29) is 84.7 Å². The zero-order valence-electron chi connectivity index (χ0n) is 76.9. The molecule has 0 spiro atoms. The molecule has 147 heavy (non-hydrogen) atoms. The van der Waals surface area contributed by atoms with Crippen molar-refractivity contribution in [2.45, 2.75) is 212 Å². The Morgan fingerprint density at radius 1 is 0.265 bits per heavy atom. The number of aliphatic hydroxyl groups is 6. The first kappa shape index (κ1) is 127. The number of alkyl halides is 30. The van der Waals surface area contributed by atoms with E-state index in [1.165, 1.54) is 32.1 Å². The summed E-state index contributed by atoms with van der Waals surface area (Å²) in [7, 11) is 0. The summed E-state index contributed by atoms with van der Waals surface area (Å²) in [6.07, 6.45) is -19.0. The second-order valence-corrected chi connectivity index (χ2v) is 33.5. The zero-order valence-corrected chi connectivity index (χ0v) is 84.1. The SMILES string of the molecule is CC(C)CC(O)CC(C)O.CC(O)CC(O)CC1CCCCC1.OC(CC(O)C(F)(F)C(F)(F)C(F)(F)C(F)(F)C(F)(F)C(F)(F)C(F)(F)F)C(F)(F)C(F)(F)C(F)(F)C(F)(F)C(F)(F)C(F)(F)C(F)(F)F.[Ir].[Ir].[Ir].[c-]1ccccc1-c1ncc(-c2ccccc2)nc1-c1ccccc1.[c-]1ccccc1-c1ncc(-c2ccccc2)nc1-c1ccccc1.[c-]1ccccc1-c1ncc(-c2ccccc2)nc1-c1ccccc1. The van der Waals surface area contributed by atoms with Crippen LogP contribution in [0.4, 0.5) is 132 Å². The molecule has 0 amide bonds. The van der Waals surface area contributed by atoms with Gasteiger partial charge in [-0.3, -0.25) is 15.0 Å². The molecule has 0 saturated heterocycles. The molecule has 6 N–H and O–H groups in total. The minimum atomic E-state index is -9.13. The van der Waals surface area contributed by atoms with Gasteiger partial charge in [0.2, 0.25) is 0 Å². The average molecular weight is 2640 g/mol. The van der Waals surface area contributed by atoms with E-state index in [0.717, 1.165) is 114 Å². The molecule has 3 heterocycles. The predicted molar refractivity (Wildman–Crippen MR) is 475 cm³/mol. The van der Waals surface area contributed by atoms with Crippen LogP contribution in [0.25, 0.3) is 101 Å². The van der Waals surface area contributed by atoms with Gasteiger partial charge in [-0.05, 0) is 68.1 Å². The quantitative estimate of drug-likeness (QED) is 0.0178. The van der Waals surface area contributed by atoms with Crippen LogP contribution in [-0.4, -0.2) is 181 Å². The molecule has 1 fully saturated rings. The van der Waals surface area contributed by atoms with Crippen LogP contribution in [0, 0.1) is 30.0 Å². The standard InChI is InChI=1S/3C22H15N2.C17H6F30O2.C11H22O2.C8H18O2.3Ir/c3*1-4-10-17(11-5-1)20-16-23-21(18-12-6-2-7-13-18)22(24-20)19-14-8-3-9-15-19;18-4(19,6(22,23)8(26,27)10(30,31)12(34,35)14(38,39)16(42,43)44)2(48)1-3(49)5(20,21)7(24,25)9(28,29)11(32,33)13(36,37)15(40,41)17(45,46)47;1-9(12)7-11(13)8-10-5-3-2-4-6-10;1-6(2)4-8(10)5-7(3)9;;;/h3*1-12,14-16H;2-3,48-49H,1H2;9-13H,2-8H2,1H3;6-10H,4-5H2,1-3H3;;;/q3*-1;;;;;;. The average Bonchev–Trinajstić information content (AvgIpc) is 0.700. The zero-order chi connectivity index (χ0) is 107. The van der Waals surface area contributed by atoms with Gasteiger partial charge in [0, 0.05) is 119 Å². The van der Waals surface area contributed by atoms with Crippen molar-refractivity contribution in [3.8, 4) is 101 Å². The van der Waals surface area contributed by atoms with E-state index in [1.807, 2.05) is 237 Å². The second kappa shape index (κ2) is 53.0.